The molecule has 1 aromatic rings. The van der Waals surface area contributed by atoms with Gasteiger partial charge in [0, 0.05) is 11.6 Å². The summed E-state index contributed by atoms with van der Waals surface area (Å²) in [4.78, 5) is 0. The number of halogens is 2. The van der Waals surface area contributed by atoms with Crippen molar-refractivity contribution < 1.29 is 5.11 Å². The van der Waals surface area contributed by atoms with Gasteiger partial charge in [0.25, 0.3) is 0 Å². The zero-order valence-corrected chi connectivity index (χ0v) is 10.6. The Balaban J connectivity index is 2.14. The largest absolute Gasteiger partial charge is 0.394 e. The number of aliphatic hydroxyl groups is 1. The maximum atomic E-state index is 9.25. The minimum absolute atomic E-state index is 0.0922. The number of nitrogens with one attached hydrogen (secondary N) is 1. The first-order chi connectivity index (χ1) is 7.58. The molecule has 2 N–H and O–H groups in total. The Morgan fingerprint density at radius 3 is 2.69 bits per heavy atom. The van der Waals surface area contributed by atoms with E-state index in [0.717, 1.165) is 18.4 Å². The third kappa shape index (κ3) is 2.35. The van der Waals surface area contributed by atoms with E-state index in [1.165, 1.54) is 0 Å². The van der Waals surface area contributed by atoms with Crippen LogP contribution >= 0.6 is 23.2 Å². The van der Waals surface area contributed by atoms with Crippen LogP contribution in [-0.4, -0.2) is 17.3 Å². The second-order valence-electron chi connectivity index (χ2n) is 4.45. The van der Waals surface area contributed by atoms with Crippen LogP contribution in [0.3, 0.4) is 0 Å². The number of hydrogen-bond donors (Lipinski definition) is 2. The molecule has 2 rings (SSSR count). The number of rotatable bonds is 4. The lowest BCUT2D eigenvalue weighted by Gasteiger charge is -2.22. The normalized spacial score (nSPS) is 19.5. The van der Waals surface area contributed by atoms with Gasteiger partial charge in [0.05, 0.1) is 16.7 Å². The highest BCUT2D eigenvalue weighted by molar-refractivity contribution is 6.42. The maximum absolute atomic E-state index is 9.25. The first-order valence-electron chi connectivity index (χ1n) is 5.40. The first-order valence-corrected chi connectivity index (χ1v) is 6.16. The molecule has 0 aliphatic heterocycles. The predicted molar refractivity (Wildman–Crippen MR) is 67.1 cm³/mol. The molecule has 1 aliphatic rings. The summed E-state index contributed by atoms with van der Waals surface area (Å²) in [5.74, 6) is 0. The highest BCUT2D eigenvalue weighted by atomic mass is 35.5. The number of benzene rings is 1. The molecule has 2 nitrogen and oxygen atoms in total. The highest BCUT2D eigenvalue weighted by Gasteiger charge is 2.42. The summed E-state index contributed by atoms with van der Waals surface area (Å²) in [5, 5.41) is 13.8. The van der Waals surface area contributed by atoms with Gasteiger partial charge in [-0.1, -0.05) is 35.3 Å². The van der Waals surface area contributed by atoms with E-state index in [0.29, 0.717) is 10.0 Å². The van der Waals surface area contributed by atoms with E-state index >= 15 is 0 Å². The van der Waals surface area contributed by atoms with Crippen molar-refractivity contribution in [3.8, 4) is 0 Å². The first kappa shape index (κ1) is 12.2. The molecule has 0 amide bonds. The summed E-state index contributed by atoms with van der Waals surface area (Å²) < 4.78 is 0. The average molecular weight is 260 g/mol. The summed E-state index contributed by atoms with van der Waals surface area (Å²) >= 11 is 12.1. The third-order valence-corrected chi connectivity index (χ3v) is 3.96. The van der Waals surface area contributed by atoms with Gasteiger partial charge < -0.3 is 10.4 Å². The fraction of sp³-hybridized carbons (Fsp3) is 0.500. The number of hydrogen-bond acceptors (Lipinski definition) is 2. The van der Waals surface area contributed by atoms with Crippen molar-refractivity contribution in [2.75, 3.05) is 6.61 Å². The molecular weight excluding hydrogens is 245 g/mol. The molecule has 16 heavy (non-hydrogen) atoms. The van der Waals surface area contributed by atoms with Gasteiger partial charge in [0.1, 0.15) is 0 Å². The van der Waals surface area contributed by atoms with Gasteiger partial charge in [-0.05, 0) is 31.4 Å². The van der Waals surface area contributed by atoms with E-state index in [4.69, 9.17) is 23.2 Å². The van der Waals surface area contributed by atoms with Gasteiger partial charge in [-0.15, -0.1) is 0 Å². The van der Waals surface area contributed by atoms with Crippen molar-refractivity contribution in [2.45, 2.75) is 31.3 Å². The van der Waals surface area contributed by atoms with Crippen molar-refractivity contribution in [3.63, 3.8) is 0 Å². The quantitative estimate of drug-likeness (QED) is 0.871. The van der Waals surface area contributed by atoms with Crippen LogP contribution in [0.4, 0.5) is 0 Å². The summed E-state index contributed by atoms with van der Waals surface area (Å²) in [6.07, 6.45) is 2.04. The zero-order valence-electron chi connectivity index (χ0n) is 9.13. The Labute approximate surface area is 106 Å². The van der Waals surface area contributed by atoms with E-state index in [1.807, 2.05) is 19.1 Å². The Hall–Kier alpha value is -0.280. The van der Waals surface area contributed by atoms with Gasteiger partial charge in [0.15, 0.2) is 0 Å². The smallest absolute Gasteiger partial charge is 0.0639 e. The van der Waals surface area contributed by atoms with Crippen molar-refractivity contribution >= 4 is 23.2 Å². The van der Waals surface area contributed by atoms with Crippen LogP contribution in [-0.2, 0) is 0 Å². The fourth-order valence-electron chi connectivity index (χ4n) is 1.89. The average Bonchev–Trinajstić information content (AvgIpc) is 3.02. The Bertz CT molecular complexity index is 391. The SMILES string of the molecule is CC(NC1(CO)CC1)c1cccc(Cl)c1Cl. The molecule has 0 radical (unpaired) electrons. The molecule has 88 valence electrons. The van der Waals surface area contributed by atoms with Crippen LogP contribution in [0.2, 0.25) is 10.0 Å². The van der Waals surface area contributed by atoms with Gasteiger partial charge in [-0.2, -0.15) is 0 Å². The summed E-state index contributed by atoms with van der Waals surface area (Å²) in [6.45, 7) is 2.21. The Kier molecular flexibility index (Phi) is 3.45. The van der Waals surface area contributed by atoms with E-state index in [-0.39, 0.29) is 18.2 Å². The molecule has 1 unspecified atom stereocenters. The minimum Gasteiger partial charge on any atom is -0.394 e. The second-order valence-corrected chi connectivity index (χ2v) is 5.23. The molecule has 4 heteroatoms. The zero-order chi connectivity index (χ0) is 11.8. The molecule has 0 spiro atoms. The minimum atomic E-state index is -0.0922. The monoisotopic (exact) mass is 259 g/mol. The summed E-state index contributed by atoms with van der Waals surface area (Å²) in [5.41, 5.74) is 0.888. The van der Waals surface area contributed by atoms with Crippen LogP contribution in [0.5, 0.6) is 0 Å². The lowest BCUT2D eigenvalue weighted by molar-refractivity contribution is 0.221. The summed E-state index contributed by atoms with van der Waals surface area (Å²) in [6, 6.07) is 5.72. The second kappa shape index (κ2) is 4.53. The molecule has 1 fully saturated rings. The number of aliphatic hydroxyl groups excluding tert-OH is 1. The van der Waals surface area contributed by atoms with Crippen LogP contribution in [0.25, 0.3) is 0 Å². The standard InChI is InChI=1S/C12H15Cl2NO/c1-8(15-12(7-16)5-6-12)9-3-2-4-10(13)11(9)14/h2-4,8,15-16H,5-7H2,1H3. The Morgan fingerprint density at radius 2 is 2.12 bits per heavy atom. The van der Waals surface area contributed by atoms with E-state index in [9.17, 15) is 5.11 Å². The molecule has 0 heterocycles. The topological polar surface area (TPSA) is 32.3 Å². The molecule has 0 bridgehead atoms. The van der Waals surface area contributed by atoms with Gasteiger partial charge in [-0.25, -0.2) is 0 Å². The molecule has 1 atom stereocenters. The Morgan fingerprint density at radius 1 is 1.44 bits per heavy atom. The van der Waals surface area contributed by atoms with Crippen molar-refractivity contribution in [1.82, 2.24) is 5.32 Å². The van der Waals surface area contributed by atoms with Gasteiger partial charge in [-0.3, -0.25) is 0 Å². The van der Waals surface area contributed by atoms with Crippen molar-refractivity contribution in [3.05, 3.63) is 33.8 Å². The van der Waals surface area contributed by atoms with Gasteiger partial charge in [0.2, 0.25) is 0 Å². The van der Waals surface area contributed by atoms with Crippen molar-refractivity contribution in [2.24, 2.45) is 0 Å². The lowest BCUT2D eigenvalue weighted by atomic mass is 10.1. The molecule has 0 aromatic heterocycles. The molecule has 1 saturated carbocycles. The van der Waals surface area contributed by atoms with E-state index in [1.54, 1.807) is 6.07 Å². The molecule has 0 saturated heterocycles. The maximum Gasteiger partial charge on any atom is 0.0639 e. The van der Waals surface area contributed by atoms with Crippen LogP contribution in [0.1, 0.15) is 31.4 Å². The molecule has 1 aromatic carbocycles. The van der Waals surface area contributed by atoms with Crippen LogP contribution < -0.4 is 5.32 Å². The van der Waals surface area contributed by atoms with E-state index in [2.05, 4.69) is 5.32 Å². The fourth-order valence-corrected chi connectivity index (χ4v) is 2.36. The molecular formula is C12H15Cl2NO. The third-order valence-electron chi connectivity index (χ3n) is 3.13. The molecule has 1 aliphatic carbocycles. The van der Waals surface area contributed by atoms with Crippen molar-refractivity contribution in [1.29, 1.82) is 0 Å². The van der Waals surface area contributed by atoms with Gasteiger partial charge >= 0.3 is 0 Å². The summed E-state index contributed by atoms with van der Waals surface area (Å²) in [7, 11) is 0. The van der Waals surface area contributed by atoms with E-state index < -0.39 is 0 Å². The van der Waals surface area contributed by atoms with Crippen LogP contribution in [0.15, 0.2) is 18.2 Å². The van der Waals surface area contributed by atoms with Crippen LogP contribution in [0, 0.1) is 0 Å². The lowest BCUT2D eigenvalue weighted by Crippen LogP contribution is -2.36. The predicted octanol–water partition coefficient (Wildman–Crippen LogP) is 3.17. The highest BCUT2D eigenvalue weighted by Crippen LogP contribution is 2.38.